The Morgan fingerprint density at radius 1 is 0.862 bits per heavy atom. The van der Waals surface area contributed by atoms with Crippen molar-refractivity contribution in [2.24, 2.45) is 5.41 Å². The Balaban J connectivity index is 1.21. The number of ether oxygens (including phenoxy) is 1. The van der Waals surface area contributed by atoms with Crippen LogP contribution in [-0.2, 0) is 4.74 Å². The molecule has 2 aromatic rings. The summed E-state index contributed by atoms with van der Waals surface area (Å²) in [7, 11) is 0. The van der Waals surface area contributed by atoms with E-state index in [9.17, 15) is 4.79 Å². The Morgan fingerprint density at radius 3 is 2.28 bits per heavy atom. The van der Waals surface area contributed by atoms with Crippen molar-refractivity contribution in [1.29, 1.82) is 0 Å². The second-order valence-corrected chi connectivity index (χ2v) is 9.20. The number of piperidine rings is 2. The van der Waals surface area contributed by atoms with Crippen LogP contribution in [0.4, 0.5) is 0 Å². The molecule has 0 aliphatic carbocycles. The van der Waals surface area contributed by atoms with Gasteiger partial charge >= 0.3 is 0 Å². The Bertz CT molecular complexity index is 851. The molecule has 29 heavy (non-hydrogen) atoms. The molecule has 1 spiro atoms. The van der Waals surface area contributed by atoms with Crippen molar-refractivity contribution in [1.82, 2.24) is 9.80 Å². The van der Waals surface area contributed by atoms with Crippen LogP contribution in [0.15, 0.2) is 42.5 Å². The first kappa shape index (κ1) is 19.1. The van der Waals surface area contributed by atoms with Crippen LogP contribution in [0.25, 0.3) is 10.8 Å². The molecule has 154 valence electrons. The van der Waals surface area contributed by atoms with Crippen molar-refractivity contribution in [2.75, 3.05) is 39.4 Å². The molecule has 0 aromatic heterocycles. The second-order valence-electron chi connectivity index (χ2n) is 9.20. The van der Waals surface area contributed by atoms with Crippen LogP contribution in [0.2, 0.25) is 0 Å². The lowest BCUT2D eigenvalue weighted by molar-refractivity contribution is -0.0112. The highest BCUT2D eigenvalue weighted by molar-refractivity contribution is 6.07. The third kappa shape index (κ3) is 3.80. The first-order valence-corrected chi connectivity index (χ1v) is 11.3. The number of likely N-dealkylation sites (tertiary alicyclic amines) is 2. The standard InChI is InChI=1S/C25H32N2O2/c28-24(23-7-3-5-20-4-1-2-6-22(20)23)27-16-12-25(13-17-27)10-14-26(15-11-25)21-8-18-29-19-9-21/h1-7,21H,8-19H2. The van der Waals surface area contributed by atoms with Crippen LogP contribution in [0.1, 0.15) is 48.9 Å². The van der Waals surface area contributed by atoms with Crippen LogP contribution in [0.3, 0.4) is 0 Å². The normalized spacial score (nSPS) is 23.5. The molecule has 0 bridgehead atoms. The maximum atomic E-state index is 13.2. The largest absolute Gasteiger partial charge is 0.381 e. The molecule has 3 aliphatic heterocycles. The Labute approximate surface area is 173 Å². The molecule has 0 unspecified atom stereocenters. The van der Waals surface area contributed by atoms with Crippen molar-refractivity contribution in [3.63, 3.8) is 0 Å². The number of amides is 1. The lowest BCUT2D eigenvalue weighted by Gasteiger charge is -2.49. The molecule has 0 atom stereocenters. The van der Waals surface area contributed by atoms with Gasteiger partial charge in [0, 0.05) is 37.9 Å². The smallest absolute Gasteiger partial charge is 0.254 e. The molecule has 1 amide bonds. The van der Waals surface area contributed by atoms with Crippen LogP contribution < -0.4 is 0 Å². The van der Waals surface area contributed by atoms with Crippen molar-refractivity contribution >= 4 is 16.7 Å². The van der Waals surface area contributed by atoms with Gasteiger partial charge in [0.25, 0.3) is 5.91 Å². The quantitative estimate of drug-likeness (QED) is 0.762. The van der Waals surface area contributed by atoms with E-state index in [1.54, 1.807) is 0 Å². The number of fused-ring (bicyclic) bond motifs is 1. The third-order valence-corrected chi connectivity index (χ3v) is 7.70. The van der Waals surface area contributed by atoms with Crippen molar-refractivity contribution in [3.05, 3.63) is 48.0 Å². The lowest BCUT2D eigenvalue weighted by Crippen LogP contribution is -2.51. The van der Waals surface area contributed by atoms with Gasteiger partial charge in [-0.3, -0.25) is 4.79 Å². The zero-order chi connectivity index (χ0) is 19.7. The van der Waals surface area contributed by atoms with Crippen molar-refractivity contribution in [2.45, 2.75) is 44.6 Å². The highest BCUT2D eigenvalue weighted by Crippen LogP contribution is 2.42. The Hall–Kier alpha value is -1.91. The highest BCUT2D eigenvalue weighted by atomic mass is 16.5. The van der Waals surface area contributed by atoms with Crippen LogP contribution >= 0.6 is 0 Å². The van der Waals surface area contributed by atoms with Gasteiger partial charge in [0.2, 0.25) is 0 Å². The van der Waals surface area contributed by atoms with E-state index >= 15 is 0 Å². The minimum atomic E-state index is 0.205. The summed E-state index contributed by atoms with van der Waals surface area (Å²) in [6.45, 7) is 6.11. The molecule has 0 saturated carbocycles. The summed E-state index contributed by atoms with van der Waals surface area (Å²) in [5.74, 6) is 0.205. The minimum absolute atomic E-state index is 0.205. The number of hydrogen-bond donors (Lipinski definition) is 0. The zero-order valence-electron chi connectivity index (χ0n) is 17.3. The van der Waals surface area contributed by atoms with E-state index in [2.05, 4.69) is 28.0 Å². The monoisotopic (exact) mass is 392 g/mol. The van der Waals surface area contributed by atoms with E-state index in [1.807, 2.05) is 24.3 Å². The summed E-state index contributed by atoms with van der Waals surface area (Å²) in [6, 6.07) is 15.0. The average Bonchev–Trinajstić information content (AvgIpc) is 2.80. The molecular weight excluding hydrogens is 360 g/mol. The summed E-state index contributed by atoms with van der Waals surface area (Å²) in [6.07, 6.45) is 7.29. The lowest BCUT2D eigenvalue weighted by atomic mass is 9.71. The van der Waals surface area contributed by atoms with Gasteiger partial charge in [0.05, 0.1) is 0 Å². The van der Waals surface area contributed by atoms with Gasteiger partial charge in [0.1, 0.15) is 0 Å². The third-order valence-electron chi connectivity index (χ3n) is 7.70. The number of carbonyl (C=O) groups excluding carboxylic acids is 1. The van der Waals surface area contributed by atoms with E-state index in [1.165, 1.54) is 38.8 Å². The van der Waals surface area contributed by atoms with E-state index in [4.69, 9.17) is 4.74 Å². The predicted molar refractivity (Wildman–Crippen MR) is 116 cm³/mol. The molecule has 3 aliphatic rings. The molecular formula is C25H32N2O2. The maximum Gasteiger partial charge on any atom is 0.254 e. The number of rotatable bonds is 2. The van der Waals surface area contributed by atoms with Crippen molar-refractivity contribution < 1.29 is 9.53 Å². The fourth-order valence-electron chi connectivity index (χ4n) is 5.68. The Kier molecular flexibility index (Phi) is 5.31. The SMILES string of the molecule is O=C(c1cccc2ccccc12)N1CCC2(CC1)CCN(C1CCOCC1)CC2. The summed E-state index contributed by atoms with van der Waals surface area (Å²) in [4.78, 5) is 18.1. The summed E-state index contributed by atoms with van der Waals surface area (Å²) >= 11 is 0. The molecule has 4 heteroatoms. The van der Waals surface area contributed by atoms with Crippen molar-refractivity contribution in [3.8, 4) is 0 Å². The molecule has 3 saturated heterocycles. The van der Waals surface area contributed by atoms with Gasteiger partial charge in [-0.05, 0) is 73.9 Å². The summed E-state index contributed by atoms with van der Waals surface area (Å²) in [5, 5.41) is 2.22. The van der Waals surface area contributed by atoms with Gasteiger partial charge in [-0.1, -0.05) is 36.4 Å². The number of carbonyl (C=O) groups is 1. The second kappa shape index (κ2) is 8.08. The number of benzene rings is 2. The van der Waals surface area contributed by atoms with Gasteiger partial charge in [-0.15, -0.1) is 0 Å². The minimum Gasteiger partial charge on any atom is -0.381 e. The van der Waals surface area contributed by atoms with Gasteiger partial charge < -0.3 is 14.5 Å². The van der Waals surface area contributed by atoms with E-state index in [0.29, 0.717) is 5.41 Å². The number of nitrogens with zero attached hydrogens (tertiary/aromatic N) is 2. The van der Waals surface area contributed by atoms with Crippen LogP contribution in [0.5, 0.6) is 0 Å². The van der Waals surface area contributed by atoms with Crippen LogP contribution in [-0.4, -0.2) is 61.1 Å². The predicted octanol–water partition coefficient (Wildman–Crippen LogP) is 4.34. The summed E-state index contributed by atoms with van der Waals surface area (Å²) in [5.41, 5.74) is 1.31. The Morgan fingerprint density at radius 2 is 1.52 bits per heavy atom. The zero-order valence-corrected chi connectivity index (χ0v) is 17.3. The average molecular weight is 393 g/mol. The molecule has 0 N–H and O–H groups in total. The van der Waals surface area contributed by atoms with E-state index < -0.39 is 0 Å². The van der Waals surface area contributed by atoms with E-state index in [0.717, 1.165) is 61.5 Å². The topological polar surface area (TPSA) is 32.8 Å². The van der Waals surface area contributed by atoms with Gasteiger partial charge in [-0.25, -0.2) is 0 Å². The maximum absolute atomic E-state index is 13.2. The fourth-order valence-corrected chi connectivity index (χ4v) is 5.68. The first-order chi connectivity index (χ1) is 14.2. The molecule has 4 nitrogen and oxygen atoms in total. The fraction of sp³-hybridized carbons (Fsp3) is 0.560. The molecule has 3 fully saturated rings. The van der Waals surface area contributed by atoms with Gasteiger partial charge in [-0.2, -0.15) is 0 Å². The number of hydrogen-bond acceptors (Lipinski definition) is 3. The van der Waals surface area contributed by atoms with E-state index in [-0.39, 0.29) is 5.91 Å². The molecule has 3 heterocycles. The summed E-state index contributed by atoms with van der Waals surface area (Å²) < 4.78 is 5.53. The molecule has 2 aromatic carbocycles. The van der Waals surface area contributed by atoms with Gasteiger partial charge in [0.15, 0.2) is 0 Å². The molecule has 5 rings (SSSR count). The molecule has 0 radical (unpaired) electrons. The first-order valence-electron chi connectivity index (χ1n) is 11.3. The van der Waals surface area contributed by atoms with Crippen LogP contribution in [0, 0.1) is 5.41 Å². The highest BCUT2D eigenvalue weighted by Gasteiger charge is 2.40.